The van der Waals surface area contributed by atoms with E-state index in [1.165, 1.54) is 6.92 Å². The lowest BCUT2D eigenvalue weighted by molar-refractivity contribution is -0.189. The zero-order valence-corrected chi connectivity index (χ0v) is 9.38. The van der Waals surface area contributed by atoms with Gasteiger partial charge in [0.05, 0.1) is 0 Å². The third-order valence-corrected chi connectivity index (χ3v) is 5.23. The van der Waals surface area contributed by atoms with Gasteiger partial charge in [-0.2, -0.15) is 13.2 Å². The molecule has 0 aromatic heterocycles. The summed E-state index contributed by atoms with van der Waals surface area (Å²) < 4.78 is 33.3. The van der Waals surface area contributed by atoms with Crippen LogP contribution in [0.5, 0.6) is 0 Å². The smallest absolute Gasteiger partial charge is 0.170 e. The predicted octanol–water partition coefficient (Wildman–Crippen LogP) is 4.31. The van der Waals surface area contributed by atoms with Crippen molar-refractivity contribution in [2.45, 2.75) is 28.2 Å². The average molecular weight is 276 g/mol. The highest BCUT2D eigenvalue weighted by Crippen LogP contribution is 2.83. The summed E-state index contributed by atoms with van der Waals surface area (Å²) in [7, 11) is 0. The molecule has 13 heavy (non-hydrogen) atoms. The molecule has 7 heteroatoms. The fourth-order valence-corrected chi connectivity index (χ4v) is 3.65. The van der Waals surface area contributed by atoms with Crippen molar-refractivity contribution in [3.05, 3.63) is 0 Å². The van der Waals surface area contributed by atoms with Gasteiger partial charge in [-0.15, -0.1) is 0 Å². The molecule has 1 aliphatic rings. The first-order chi connectivity index (χ1) is 5.56. The van der Waals surface area contributed by atoms with Gasteiger partial charge in [0.25, 0.3) is 0 Å². The first-order valence-corrected chi connectivity index (χ1v) is 4.90. The highest BCUT2D eigenvalue weighted by Gasteiger charge is 2.95. The predicted molar refractivity (Wildman–Crippen MR) is 47.7 cm³/mol. The van der Waals surface area contributed by atoms with E-state index in [9.17, 15) is 13.2 Å². The van der Waals surface area contributed by atoms with E-state index in [0.29, 0.717) is 0 Å². The van der Waals surface area contributed by atoms with E-state index >= 15 is 0 Å². The topological polar surface area (TPSA) is 0 Å². The van der Waals surface area contributed by atoms with E-state index in [2.05, 4.69) is 0 Å². The van der Waals surface area contributed by atoms with Crippen LogP contribution in [0.2, 0.25) is 0 Å². The molecule has 78 valence electrons. The Morgan fingerprint density at radius 3 is 1.31 bits per heavy atom. The van der Waals surface area contributed by atoms with Gasteiger partial charge in [0.2, 0.25) is 0 Å². The van der Waals surface area contributed by atoms with Gasteiger partial charge in [-0.25, -0.2) is 0 Å². The van der Waals surface area contributed by atoms with E-state index in [1.807, 2.05) is 0 Å². The lowest BCUT2D eigenvalue weighted by Crippen LogP contribution is -2.31. The van der Waals surface area contributed by atoms with Gasteiger partial charge in [-0.3, -0.25) is 0 Å². The lowest BCUT2D eigenvalue weighted by Gasteiger charge is -2.19. The molecule has 1 saturated carbocycles. The van der Waals surface area contributed by atoms with Crippen molar-refractivity contribution >= 4 is 46.4 Å². The summed E-state index contributed by atoms with van der Waals surface area (Å²) in [6.07, 6.45) is -4.95. The lowest BCUT2D eigenvalue weighted by atomic mass is 10.0. The molecule has 0 heterocycles. The second kappa shape index (κ2) is 2.75. The number of alkyl halides is 7. The van der Waals surface area contributed by atoms with Crippen LogP contribution in [0.1, 0.15) is 13.3 Å². The second-order valence-corrected chi connectivity index (χ2v) is 5.56. The van der Waals surface area contributed by atoms with Crippen molar-refractivity contribution in [3.63, 3.8) is 0 Å². The Kier molecular flexibility index (Phi) is 2.54. The molecule has 0 aromatic carbocycles. The zero-order valence-electron chi connectivity index (χ0n) is 6.35. The summed E-state index contributed by atoms with van der Waals surface area (Å²) in [6, 6.07) is 0. The number of rotatable bonds is 1. The SMILES string of the molecule is CCC1(C(F)(F)F)C(Cl)(Cl)C1(Cl)Cl. The Morgan fingerprint density at radius 2 is 1.31 bits per heavy atom. The molecule has 0 atom stereocenters. The van der Waals surface area contributed by atoms with Crippen LogP contribution in [0.3, 0.4) is 0 Å². The first-order valence-electron chi connectivity index (χ1n) is 3.38. The first kappa shape index (κ1) is 12.0. The Balaban J connectivity index is 3.16. The minimum Gasteiger partial charge on any atom is -0.170 e. The van der Waals surface area contributed by atoms with Crippen LogP contribution in [0.15, 0.2) is 0 Å². The molecule has 0 saturated heterocycles. The van der Waals surface area contributed by atoms with Gasteiger partial charge < -0.3 is 0 Å². The van der Waals surface area contributed by atoms with Crippen LogP contribution in [0, 0.1) is 5.41 Å². The van der Waals surface area contributed by atoms with Crippen molar-refractivity contribution in [3.8, 4) is 0 Å². The molecule has 0 nitrogen and oxygen atoms in total. The minimum atomic E-state index is -4.60. The molecule has 1 rings (SSSR count). The fraction of sp³-hybridized carbons (Fsp3) is 1.00. The van der Waals surface area contributed by atoms with E-state index < -0.39 is 20.3 Å². The van der Waals surface area contributed by atoms with Crippen molar-refractivity contribution in [2.75, 3.05) is 0 Å². The van der Waals surface area contributed by atoms with Crippen LogP contribution in [-0.2, 0) is 0 Å². The maximum Gasteiger partial charge on any atom is 0.400 e. The summed E-state index contributed by atoms with van der Waals surface area (Å²) in [4.78, 5) is 0. The number of hydrogen-bond donors (Lipinski definition) is 0. The maximum absolute atomic E-state index is 12.5. The van der Waals surface area contributed by atoms with Crippen LogP contribution in [0.4, 0.5) is 13.2 Å². The van der Waals surface area contributed by atoms with Gasteiger partial charge in [-0.1, -0.05) is 53.3 Å². The summed E-state index contributed by atoms with van der Waals surface area (Å²) in [6.45, 7) is 1.29. The molecule has 0 unspecified atom stereocenters. The molecule has 0 N–H and O–H groups in total. The van der Waals surface area contributed by atoms with Crippen LogP contribution in [-0.4, -0.2) is 14.8 Å². The molecule has 0 aliphatic heterocycles. The summed E-state index contributed by atoms with van der Waals surface area (Å²) in [5.74, 6) is 0. The van der Waals surface area contributed by atoms with Gasteiger partial charge in [0, 0.05) is 0 Å². The Bertz CT molecular complexity index is 219. The highest BCUT2D eigenvalue weighted by molar-refractivity contribution is 6.69. The number of halogens is 7. The third kappa shape index (κ3) is 1.08. The second-order valence-electron chi connectivity index (χ2n) is 2.91. The summed E-state index contributed by atoms with van der Waals surface area (Å²) >= 11 is 21.7. The highest BCUT2D eigenvalue weighted by atomic mass is 35.5. The normalized spacial score (nSPS) is 28.6. The van der Waals surface area contributed by atoms with Crippen molar-refractivity contribution in [2.24, 2.45) is 5.41 Å². The van der Waals surface area contributed by atoms with Gasteiger partial charge >= 0.3 is 6.18 Å². The quantitative estimate of drug-likeness (QED) is 0.626. The molecule has 0 spiro atoms. The van der Waals surface area contributed by atoms with Crippen LogP contribution in [0.25, 0.3) is 0 Å². The molecule has 1 aliphatic carbocycles. The van der Waals surface area contributed by atoms with Gasteiger partial charge in [0.1, 0.15) is 5.41 Å². The van der Waals surface area contributed by atoms with E-state index in [4.69, 9.17) is 46.4 Å². The number of hydrogen-bond acceptors (Lipinski definition) is 0. The fourth-order valence-electron chi connectivity index (χ4n) is 1.47. The Morgan fingerprint density at radius 1 is 1.00 bits per heavy atom. The maximum atomic E-state index is 12.5. The zero-order chi connectivity index (χ0) is 10.7. The van der Waals surface area contributed by atoms with Crippen LogP contribution < -0.4 is 0 Å². The summed E-state index contributed by atoms with van der Waals surface area (Å²) in [5.41, 5.74) is -2.42. The molecular weight excluding hydrogens is 271 g/mol. The monoisotopic (exact) mass is 274 g/mol. The molecule has 0 aromatic rings. The molecular formula is C6H5Cl4F3. The van der Waals surface area contributed by atoms with Crippen molar-refractivity contribution in [1.29, 1.82) is 0 Å². The van der Waals surface area contributed by atoms with Crippen molar-refractivity contribution < 1.29 is 13.2 Å². The van der Waals surface area contributed by atoms with Gasteiger partial charge in [-0.05, 0) is 6.42 Å². The summed E-state index contributed by atoms with van der Waals surface area (Å²) in [5, 5.41) is 0. The minimum absolute atomic E-state index is 0.351. The standard InChI is InChI=1S/C6H5Cl4F3/c1-2-3(6(11,12)13)4(7,8)5(3,9)10/h2H2,1H3. The van der Waals surface area contributed by atoms with Crippen molar-refractivity contribution in [1.82, 2.24) is 0 Å². The van der Waals surface area contributed by atoms with Gasteiger partial charge in [0.15, 0.2) is 8.67 Å². The largest absolute Gasteiger partial charge is 0.400 e. The van der Waals surface area contributed by atoms with E-state index in [0.717, 1.165) is 0 Å². The Hall–Kier alpha value is 0.950. The molecule has 0 radical (unpaired) electrons. The Labute approximate surface area is 93.3 Å². The molecule has 0 bridgehead atoms. The van der Waals surface area contributed by atoms with Crippen LogP contribution >= 0.6 is 46.4 Å². The van der Waals surface area contributed by atoms with E-state index in [-0.39, 0.29) is 6.42 Å². The molecule has 0 amide bonds. The van der Waals surface area contributed by atoms with E-state index in [1.54, 1.807) is 0 Å². The third-order valence-electron chi connectivity index (χ3n) is 2.42. The molecule has 1 fully saturated rings. The average Bonchev–Trinajstić information content (AvgIpc) is 2.18.